The molecule has 0 bridgehead atoms. The van der Waals surface area contributed by atoms with E-state index in [1.54, 1.807) is 43.1 Å². The summed E-state index contributed by atoms with van der Waals surface area (Å²) in [6.45, 7) is 7.72. The molecule has 9 nitrogen and oxygen atoms in total. The van der Waals surface area contributed by atoms with Gasteiger partial charge in [-0.3, -0.25) is 14.3 Å². The number of nitrogens with one attached hydrogen (secondary N) is 2. The second-order valence-corrected chi connectivity index (χ2v) is 7.38. The second kappa shape index (κ2) is 8.40. The van der Waals surface area contributed by atoms with Crippen LogP contribution in [-0.2, 0) is 18.4 Å². The van der Waals surface area contributed by atoms with Crippen molar-refractivity contribution in [3.63, 3.8) is 0 Å². The molecule has 3 aromatic heterocycles. The van der Waals surface area contributed by atoms with Gasteiger partial charge in [0.1, 0.15) is 5.82 Å². The fourth-order valence-electron chi connectivity index (χ4n) is 3.27. The molecule has 0 aromatic carbocycles. The van der Waals surface area contributed by atoms with Gasteiger partial charge in [0, 0.05) is 30.1 Å². The number of nitrogens with zero attached hydrogens (tertiary/aromatic N) is 4. The van der Waals surface area contributed by atoms with Gasteiger partial charge in [-0.25, -0.2) is 9.66 Å². The van der Waals surface area contributed by atoms with E-state index >= 15 is 0 Å². The number of aryl methyl sites for hydroxylation is 3. The van der Waals surface area contributed by atoms with Crippen molar-refractivity contribution in [2.24, 2.45) is 7.05 Å². The Morgan fingerprint density at radius 2 is 1.97 bits per heavy atom. The van der Waals surface area contributed by atoms with Crippen molar-refractivity contribution < 1.29 is 4.79 Å². The van der Waals surface area contributed by atoms with Crippen LogP contribution in [0.2, 0.25) is 0 Å². The zero-order chi connectivity index (χ0) is 22.0. The molecule has 0 radical (unpaired) electrons. The summed E-state index contributed by atoms with van der Waals surface area (Å²) in [4.78, 5) is 30.1. The van der Waals surface area contributed by atoms with E-state index in [4.69, 9.17) is 5.73 Å². The Morgan fingerprint density at radius 3 is 2.60 bits per heavy atom. The van der Waals surface area contributed by atoms with Crippen molar-refractivity contribution in [3.05, 3.63) is 69.0 Å². The van der Waals surface area contributed by atoms with Gasteiger partial charge in [0.05, 0.1) is 30.0 Å². The van der Waals surface area contributed by atoms with Crippen molar-refractivity contribution in [2.45, 2.75) is 40.2 Å². The monoisotopic (exact) mass is 409 g/mol. The van der Waals surface area contributed by atoms with Crippen LogP contribution in [0.3, 0.4) is 0 Å². The number of hydrogen-bond acceptors (Lipinski definition) is 6. The van der Waals surface area contributed by atoms with Gasteiger partial charge in [-0.2, -0.15) is 5.10 Å². The first-order chi connectivity index (χ1) is 14.2. The van der Waals surface area contributed by atoms with Gasteiger partial charge < -0.3 is 16.5 Å². The van der Waals surface area contributed by atoms with E-state index in [0.717, 1.165) is 16.8 Å². The van der Waals surface area contributed by atoms with Crippen LogP contribution in [-0.4, -0.2) is 25.3 Å². The maximum atomic E-state index is 13.1. The molecule has 3 rings (SSSR count). The minimum Gasteiger partial charge on any atom is -0.384 e. The molecule has 3 heterocycles. The average Bonchev–Trinajstić information content (AvgIpc) is 3.01. The Kier molecular flexibility index (Phi) is 5.91. The first kappa shape index (κ1) is 21.1. The van der Waals surface area contributed by atoms with Crippen LogP contribution < -0.4 is 22.0 Å². The molecule has 0 spiro atoms. The minimum atomic E-state index is -0.649. The summed E-state index contributed by atoms with van der Waals surface area (Å²) in [6.07, 6.45) is 3.44. The highest BCUT2D eigenvalue weighted by Gasteiger charge is 2.22. The van der Waals surface area contributed by atoms with Crippen LogP contribution >= 0.6 is 0 Å². The standard InChI is InChI=1S/C21H27N7O2/c1-12-8-9-28(24-11-16-10-23-27(5)15(16)4)21(30)19(12)13(2)20(29)26-17-6-7-18(22)25-14(17)3/h6-10,13,24H,11H2,1-5H3,(H2,22,25)(H,26,29). The molecule has 30 heavy (non-hydrogen) atoms. The minimum absolute atomic E-state index is 0.258. The van der Waals surface area contributed by atoms with Gasteiger partial charge >= 0.3 is 0 Å². The molecule has 9 heteroatoms. The number of rotatable bonds is 6. The third kappa shape index (κ3) is 4.19. The molecule has 1 unspecified atom stereocenters. The topological polar surface area (TPSA) is 120 Å². The predicted octanol–water partition coefficient (Wildman–Crippen LogP) is 1.97. The number of anilines is 2. The smallest absolute Gasteiger partial charge is 0.273 e. The Labute approximate surface area is 174 Å². The molecular formula is C21H27N7O2. The lowest BCUT2D eigenvalue weighted by molar-refractivity contribution is -0.117. The quantitative estimate of drug-likeness (QED) is 0.573. The number of nitrogens with two attached hydrogens (primary N) is 1. The van der Waals surface area contributed by atoms with E-state index in [1.807, 2.05) is 27.0 Å². The van der Waals surface area contributed by atoms with Crippen LogP contribution in [0, 0.1) is 20.8 Å². The summed E-state index contributed by atoms with van der Waals surface area (Å²) in [5.74, 6) is -0.551. The summed E-state index contributed by atoms with van der Waals surface area (Å²) < 4.78 is 3.19. The van der Waals surface area contributed by atoms with Crippen molar-refractivity contribution in [1.29, 1.82) is 0 Å². The molecule has 4 N–H and O–H groups in total. The van der Waals surface area contributed by atoms with E-state index in [1.165, 1.54) is 4.68 Å². The number of amides is 1. The number of hydrogen-bond donors (Lipinski definition) is 3. The van der Waals surface area contributed by atoms with Crippen LogP contribution in [0.1, 0.15) is 40.9 Å². The van der Waals surface area contributed by atoms with Crippen LogP contribution in [0.4, 0.5) is 11.5 Å². The van der Waals surface area contributed by atoms with E-state index in [0.29, 0.717) is 29.3 Å². The fraction of sp³-hybridized carbons (Fsp3) is 0.333. The second-order valence-electron chi connectivity index (χ2n) is 7.38. The Hall–Kier alpha value is -3.62. The zero-order valence-electron chi connectivity index (χ0n) is 17.9. The SMILES string of the molecule is Cc1ccn(NCc2cnn(C)c2C)c(=O)c1C(C)C(=O)Nc1ccc(N)nc1C. The number of nitrogen functional groups attached to an aromatic ring is 1. The first-order valence-corrected chi connectivity index (χ1v) is 9.66. The molecule has 1 amide bonds. The normalized spacial score (nSPS) is 11.9. The van der Waals surface area contributed by atoms with E-state index in [-0.39, 0.29) is 11.5 Å². The lowest BCUT2D eigenvalue weighted by Crippen LogP contribution is -2.34. The molecule has 0 fully saturated rings. The van der Waals surface area contributed by atoms with E-state index < -0.39 is 5.92 Å². The first-order valence-electron chi connectivity index (χ1n) is 9.66. The summed E-state index contributed by atoms with van der Waals surface area (Å²) in [7, 11) is 1.87. The lowest BCUT2D eigenvalue weighted by Gasteiger charge is -2.18. The van der Waals surface area contributed by atoms with E-state index in [2.05, 4.69) is 20.8 Å². The van der Waals surface area contributed by atoms with Crippen molar-refractivity contribution >= 4 is 17.4 Å². The van der Waals surface area contributed by atoms with Gasteiger partial charge in [0.15, 0.2) is 0 Å². The van der Waals surface area contributed by atoms with Crippen LogP contribution in [0.25, 0.3) is 0 Å². The molecule has 158 valence electrons. The average molecular weight is 409 g/mol. The van der Waals surface area contributed by atoms with Crippen LogP contribution in [0.15, 0.2) is 35.4 Å². The van der Waals surface area contributed by atoms with Crippen LogP contribution in [0.5, 0.6) is 0 Å². The maximum absolute atomic E-state index is 13.1. The van der Waals surface area contributed by atoms with Gasteiger partial charge in [-0.05, 0) is 51.5 Å². The number of pyridine rings is 2. The van der Waals surface area contributed by atoms with Gasteiger partial charge in [0.25, 0.3) is 5.56 Å². The summed E-state index contributed by atoms with van der Waals surface area (Å²) in [6, 6.07) is 5.15. The molecule has 0 aliphatic heterocycles. The number of aromatic nitrogens is 4. The third-order valence-corrected chi connectivity index (χ3v) is 5.32. The highest BCUT2D eigenvalue weighted by Crippen LogP contribution is 2.20. The molecule has 0 saturated carbocycles. The number of carbonyl (C=O) groups is 1. The van der Waals surface area contributed by atoms with Crippen molar-refractivity contribution in [2.75, 3.05) is 16.5 Å². The molecule has 0 saturated heterocycles. The molecule has 0 aliphatic carbocycles. The maximum Gasteiger partial charge on any atom is 0.273 e. The van der Waals surface area contributed by atoms with Crippen molar-refractivity contribution in [1.82, 2.24) is 19.4 Å². The Morgan fingerprint density at radius 1 is 1.23 bits per heavy atom. The molecule has 1 atom stereocenters. The molecule has 3 aromatic rings. The van der Waals surface area contributed by atoms with Crippen molar-refractivity contribution in [3.8, 4) is 0 Å². The largest absolute Gasteiger partial charge is 0.384 e. The third-order valence-electron chi connectivity index (χ3n) is 5.32. The van der Waals surface area contributed by atoms with Gasteiger partial charge in [-0.1, -0.05) is 0 Å². The highest BCUT2D eigenvalue weighted by atomic mass is 16.2. The lowest BCUT2D eigenvalue weighted by atomic mass is 9.97. The van der Waals surface area contributed by atoms with Gasteiger partial charge in [-0.15, -0.1) is 0 Å². The highest BCUT2D eigenvalue weighted by molar-refractivity contribution is 5.96. The van der Waals surface area contributed by atoms with Gasteiger partial charge in [0.2, 0.25) is 5.91 Å². The Balaban J connectivity index is 1.82. The summed E-state index contributed by atoms with van der Waals surface area (Å²) in [5, 5.41) is 7.05. The summed E-state index contributed by atoms with van der Waals surface area (Å²) in [5.41, 5.74) is 12.9. The predicted molar refractivity (Wildman–Crippen MR) is 117 cm³/mol. The molecule has 0 aliphatic rings. The Bertz CT molecular complexity index is 1150. The van der Waals surface area contributed by atoms with E-state index in [9.17, 15) is 9.59 Å². The summed E-state index contributed by atoms with van der Waals surface area (Å²) >= 11 is 0. The number of carbonyl (C=O) groups excluding carboxylic acids is 1. The fourth-order valence-corrected chi connectivity index (χ4v) is 3.27. The molecular weight excluding hydrogens is 382 g/mol. The zero-order valence-corrected chi connectivity index (χ0v) is 17.9.